The third kappa shape index (κ3) is 4.82. The van der Waals surface area contributed by atoms with Crippen molar-refractivity contribution in [2.45, 2.75) is 6.92 Å². The second-order valence-electron chi connectivity index (χ2n) is 5.08. The first-order valence-corrected chi connectivity index (χ1v) is 7.83. The van der Waals surface area contributed by atoms with E-state index in [0.717, 1.165) is 0 Å². The van der Waals surface area contributed by atoms with E-state index in [1.807, 2.05) is 6.92 Å². The molecule has 2 rings (SSSR count). The topological polar surface area (TPSA) is 77.2 Å². The normalized spacial score (nSPS) is 11.8. The molecule has 0 bridgehead atoms. The van der Waals surface area contributed by atoms with Crippen LogP contribution in [-0.4, -0.2) is 24.0 Å². The summed E-state index contributed by atoms with van der Waals surface area (Å²) >= 11 is 11.9. The number of ether oxygens (including phenoxy) is 1. The number of pyridine rings is 1. The lowest BCUT2D eigenvalue weighted by Gasteiger charge is -2.13. The summed E-state index contributed by atoms with van der Waals surface area (Å²) in [6.45, 7) is 2.93. The van der Waals surface area contributed by atoms with Gasteiger partial charge >= 0.3 is 0 Å². The van der Waals surface area contributed by atoms with Crippen LogP contribution in [0.5, 0.6) is 11.6 Å². The van der Waals surface area contributed by atoms with E-state index in [-0.39, 0.29) is 17.7 Å². The minimum atomic E-state index is -0.279. The summed E-state index contributed by atoms with van der Waals surface area (Å²) in [6.07, 6.45) is 1.54. The van der Waals surface area contributed by atoms with E-state index in [1.165, 1.54) is 0 Å². The average Bonchev–Trinajstić information content (AvgIpc) is 2.55. The van der Waals surface area contributed by atoms with Gasteiger partial charge in [-0.05, 0) is 42.8 Å². The van der Waals surface area contributed by atoms with Gasteiger partial charge in [0, 0.05) is 17.8 Å². The summed E-state index contributed by atoms with van der Waals surface area (Å²) in [6, 6.07) is 8.13. The van der Waals surface area contributed by atoms with E-state index in [1.54, 1.807) is 36.5 Å². The molecule has 0 fully saturated rings. The van der Waals surface area contributed by atoms with Crippen LogP contribution in [0.15, 0.2) is 36.5 Å². The highest BCUT2D eigenvalue weighted by Crippen LogP contribution is 2.31. The lowest BCUT2D eigenvalue weighted by atomic mass is 10.2. The van der Waals surface area contributed by atoms with Gasteiger partial charge in [-0.3, -0.25) is 4.79 Å². The highest BCUT2D eigenvalue weighted by molar-refractivity contribution is 6.35. The Hall–Kier alpha value is -1.82. The minimum absolute atomic E-state index is 0.176. The van der Waals surface area contributed by atoms with Crippen LogP contribution in [0.3, 0.4) is 0 Å². The molecule has 2 aromatic rings. The lowest BCUT2D eigenvalue weighted by Crippen LogP contribution is -2.31. The van der Waals surface area contributed by atoms with Crippen molar-refractivity contribution in [3.63, 3.8) is 0 Å². The predicted octanol–water partition coefficient (Wildman–Crippen LogP) is 3.51. The zero-order valence-corrected chi connectivity index (χ0v) is 14.1. The quantitative estimate of drug-likeness (QED) is 0.832. The van der Waals surface area contributed by atoms with Crippen LogP contribution in [-0.2, 0) is 0 Å². The SMILES string of the molecule is CC(CN)CNC(=O)c1cccnc1Oc1ccc(Cl)cc1Cl. The molecule has 1 unspecified atom stereocenters. The molecule has 0 saturated heterocycles. The monoisotopic (exact) mass is 353 g/mol. The Bertz CT molecular complexity index is 695. The molecule has 3 N–H and O–H groups in total. The van der Waals surface area contributed by atoms with Crippen molar-refractivity contribution in [1.29, 1.82) is 0 Å². The number of nitrogens with one attached hydrogen (secondary N) is 1. The number of hydrogen-bond donors (Lipinski definition) is 2. The number of rotatable bonds is 6. The Morgan fingerprint density at radius 2 is 2.17 bits per heavy atom. The van der Waals surface area contributed by atoms with Crippen LogP contribution in [0, 0.1) is 5.92 Å². The molecule has 23 heavy (non-hydrogen) atoms. The number of amides is 1. The number of benzene rings is 1. The van der Waals surface area contributed by atoms with E-state index >= 15 is 0 Å². The minimum Gasteiger partial charge on any atom is -0.437 e. The molecular formula is C16H17Cl2N3O2. The molecule has 0 aliphatic rings. The summed E-state index contributed by atoms with van der Waals surface area (Å²) in [4.78, 5) is 16.4. The van der Waals surface area contributed by atoms with E-state index in [2.05, 4.69) is 10.3 Å². The molecule has 0 spiro atoms. The van der Waals surface area contributed by atoms with Crippen LogP contribution < -0.4 is 15.8 Å². The van der Waals surface area contributed by atoms with Gasteiger partial charge in [0.05, 0.1) is 5.02 Å². The Kier molecular flexibility index (Phi) is 6.21. The summed E-state index contributed by atoms with van der Waals surface area (Å²) in [5, 5.41) is 3.64. The van der Waals surface area contributed by atoms with Crippen molar-refractivity contribution >= 4 is 29.1 Å². The maximum Gasteiger partial charge on any atom is 0.256 e. The standard InChI is InChI=1S/C16H17Cl2N3O2/c1-10(8-19)9-21-15(22)12-3-2-6-20-16(12)23-14-5-4-11(17)7-13(14)18/h2-7,10H,8-9,19H2,1H3,(H,21,22). The number of nitrogens with zero attached hydrogens (tertiary/aromatic N) is 1. The number of aromatic nitrogens is 1. The Balaban J connectivity index is 2.18. The first kappa shape index (κ1) is 17.5. The van der Waals surface area contributed by atoms with Gasteiger partial charge in [-0.2, -0.15) is 0 Å². The highest BCUT2D eigenvalue weighted by atomic mass is 35.5. The summed E-state index contributed by atoms with van der Waals surface area (Å²) in [7, 11) is 0. The van der Waals surface area contributed by atoms with Crippen LogP contribution in [0.1, 0.15) is 17.3 Å². The predicted molar refractivity (Wildman–Crippen MR) is 91.3 cm³/mol. The molecule has 1 aromatic carbocycles. The van der Waals surface area contributed by atoms with Crippen molar-refractivity contribution in [1.82, 2.24) is 10.3 Å². The smallest absolute Gasteiger partial charge is 0.256 e. The van der Waals surface area contributed by atoms with Crippen molar-refractivity contribution in [3.8, 4) is 11.6 Å². The third-order valence-corrected chi connectivity index (χ3v) is 3.66. The molecule has 5 nitrogen and oxygen atoms in total. The van der Waals surface area contributed by atoms with E-state index < -0.39 is 0 Å². The summed E-state index contributed by atoms with van der Waals surface area (Å²) in [5.41, 5.74) is 5.87. The molecular weight excluding hydrogens is 337 g/mol. The molecule has 122 valence electrons. The molecule has 1 heterocycles. The fourth-order valence-electron chi connectivity index (χ4n) is 1.75. The number of hydrogen-bond acceptors (Lipinski definition) is 4. The van der Waals surface area contributed by atoms with Crippen molar-refractivity contribution in [3.05, 3.63) is 52.1 Å². The van der Waals surface area contributed by atoms with Crippen LogP contribution in [0.2, 0.25) is 10.0 Å². The van der Waals surface area contributed by atoms with Gasteiger partial charge < -0.3 is 15.8 Å². The van der Waals surface area contributed by atoms with Gasteiger partial charge in [0.15, 0.2) is 0 Å². The van der Waals surface area contributed by atoms with Gasteiger partial charge in [-0.1, -0.05) is 30.1 Å². The zero-order chi connectivity index (χ0) is 16.8. The average molecular weight is 354 g/mol. The highest BCUT2D eigenvalue weighted by Gasteiger charge is 2.16. The molecule has 1 atom stereocenters. The zero-order valence-electron chi connectivity index (χ0n) is 12.6. The first-order chi connectivity index (χ1) is 11.0. The number of carbonyl (C=O) groups is 1. The fourth-order valence-corrected chi connectivity index (χ4v) is 2.20. The van der Waals surface area contributed by atoms with Crippen LogP contribution in [0.25, 0.3) is 0 Å². The molecule has 0 saturated carbocycles. The largest absolute Gasteiger partial charge is 0.437 e. The lowest BCUT2D eigenvalue weighted by molar-refractivity contribution is 0.0945. The van der Waals surface area contributed by atoms with Crippen molar-refractivity contribution in [2.75, 3.05) is 13.1 Å². The van der Waals surface area contributed by atoms with E-state index in [0.29, 0.717) is 34.4 Å². The second-order valence-corrected chi connectivity index (χ2v) is 5.93. The molecule has 0 radical (unpaired) electrons. The van der Waals surface area contributed by atoms with Crippen LogP contribution in [0.4, 0.5) is 0 Å². The maximum atomic E-state index is 12.3. The third-order valence-electron chi connectivity index (χ3n) is 3.13. The molecule has 0 aliphatic carbocycles. The van der Waals surface area contributed by atoms with Gasteiger partial charge in [-0.25, -0.2) is 4.98 Å². The van der Waals surface area contributed by atoms with E-state index in [9.17, 15) is 4.79 Å². The van der Waals surface area contributed by atoms with Crippen molar-refractivity contribution < 1.29 is 9.53 Å². The summed E-state index contributed by atoms with van der Waals surface area (Å²) in [5.74, 6) is 0.456. The Labute approximate surface area is 144 Å². The Morgan fingerprint density at radius 3 is 2.87 bits per heavy atom. The summed E-state index contributed by atoms with van der Waals surface area (Å²) < 4.78 is 5.66. The first-order valence-electron chi connectivity index (χ1n) is 7.07. The number of carbonyl (C=O) groups excluding carboxylic acids is 1. The fraction of sp³-hybridized carbons (Fsp3) is 0.250. The number of nitrogens with two attached hydrogens (primary N) is 1. The van der Waals surface area contributed by atoms with Crippen LogP contribution >= 0.6 is 23.2 Å². The van der Waals surface area contributed by atoms with E-state index in [4.69, 9.17) is 33.7 Å². The number of halogens is 2. The molecule has 1 amide bonds. The maximum absolute atomic E-state index is 12.3. The molecule has 1 aromatic heterocycles. The molecule has 0 aliphatic heterocycles. The van der Waals surface area contributed by atoms with Gasteiger partial charge in [0.1, 0.15) is 11.3 Å². The van der Waals surface area contributed by atoms with Gasteiger partial charge in [0.25, 0.3) is 5.91 Å². The van der Waals surface area contributed by atoms with Gasteiger partial charge in [0.2, 0.25) is 5.88 Å². The van der Waals surface area contributed by atoms with Gasteiger partial charge in [-0.15, -0.1) is 0 Å². The molecule has 7 heteroatoms. The second kappa shape index (κ2) is 8.15. The Morgan fingerprint density at radius 1 is 1.39 bits per heavy atom. The van der Waals surface area contributed by atoms with Crippen molar-refractivity contribution in [2.24, 2.45) is 11.7 Å².